The van der Waals surface area contributed by atoms with Crippen LogP contribution in [0.25, 0.3) is 0 Å². The van der Waals surface area contributed by atoms with Crippen LogP contribution in [-0.4, -0.2) is 40.0 Å². The maximum absolute atomic E-state index is 12.0. The van der Waals surface area contributed by atoms with Crippen molar-refractivity contribution in [1.82, 2.24) is 9.44 Å². The maximum atomic E-state index is 12.0. The second-order valence-electron chi connectivity index (χ2n) is 5.05. The summed E-state index contributed by atoms with van der Waals surface area (Å²) in [5.41, 5.74) is 0. The van der Waals surface area contributed by atoms with E-state index in [1.807, 2.05) is 4.72 Å². The van der Waals surface area contributed by atoms with Crippen LogP contribution in [0.3, 0.4) is 0 Å². The molecule has 0 amide bonds. The Kier molecular flexibility index (Phi) is 4.57. The highest BCUT2D eigenvalue weighted by Gasteiger charge is 2.28. The zero-order valence-corrected chi connectivity index (χ0v) is 13.3. The predicted molar refractivity (Wildman–Crippen MR) is 77.2 cm³/mol. The van der Waals surface area contributed by atoms with Crippen LogP contribution in [0, 0.1) is 0 Å². The molecule has 0 bridgehead atoms. The Morgan fingerprint density at radius 3 is 1.95 bits per heavy atom. The molecule has 1 aliphatic rings. The van der Waals surface area contributed by atoms with E-state index >= 15 is 0 Å². The molecule has 1 aromatic carbocycles. The van der Waals surface area contributed by atoms with E-state index in [1.54, 1.807) is 0 Å². The number of aliphatic carboxylic acids is 1. The van der Waals surface area contributed by atoms with Crippen LogP contribution in [0.4, 0.5) is 0 Å². The van der Waals surface area contributed by atoms with Crippen molar-refractivity contribution >= 4 is 26.0 Å². The van der Waals surface area contributed by atoms with E-state index in [2.05, 4.69) is 4.72 Å². The minimum Gasteiger partial charge on any atom is -0.480 e. The third-order valence-electron chi connectivity index (χ3n) is 3.05. The first kappa shape index (κ1) is 16.9. The van der Waals surface area contributed by atoms with Gasteiger partial charge in [-0.1, -0.05) is 0 Å². The molecule has 0 aromatic heterocycles. The highest BCUT2D eigenvalue weighted by atomic mass is 32.2. The molecule has 0 spiro atoms. The summed E-state index contributed by atoms with van der Waals surface area (Å²) in [6.45, 7) is 1.19. The lowest BCUT2D eigenvalue weighted by molar-refractivity contribution is -0.138. The molecule has 0 radical (unpaired) electrons. The summed E-state index contributed by atoms with van der Waals surface area (Å²) >= 11 is 0. The Morgan fingerprint density at radius 1 is 1.09 bits per heavy atom. The van der Waals surface area contributed by atoms with Gasteiger partial charge in [0.2, 0.25) is 20.0 Å². The molecule has 122 valence electrons. The monoisotopic (exact) mass is 348 g/mol. The molecule has 1 saturated carbocycles. The van der Waals surface area contributed by atoms with Crippen molar-refractivity contribution in [2.75, 3.05) is 0 Å². The number of rotatable bonds is 7. The van der Waals surface area contributed by atoms with Gasteiger partial charge in [0, 0.05) is 6.04 Å². The van der Waals surface area contributed by atoms with Gasteiger partial charge in [-0.2, -0.15) is 4.72 Å². The third kappa shape index (κ3) is 4.03. The minimum absolute atomic E-state index is 0.0374. The van der Waals surface area contributed by atoms with Crippen molar-refractivity contribution in [3.8, 4) is 0 Å². The van der Waals surface area contributed by atoms with Crippen LogP contribution in [0.5, 0.6) is 0 Å². The van der Waals surface area contributed by atoms with Crippen molar-refractivity contribution in [2.45, 2.75) is 41.6 Å². The van der Waals surface area contributed by atoms with Gasteiger partial charge in [0.15, 0.2) is 0 Å². The van der Waals surface area contributed by atoms with Crippen molar-refractivity contribution in [2.24, 2.45) is 0 Å². The summed E-state index contributed by atoms with van der Waals surface area (Å²) in [7, 11) is -7.68. The summed E-state index contributed by atoms with van der Waals surface area (Å²) in [6, 6.07) is 3.25. The number of carboxylic acid groups (broad SMARTS) is 1. The Balaban J connectivity index is 2.19. The zero-order chi connectivity index (χ0) is 16.5. The molecule has 0 saturated heterocycles. The van der Waals surface area contributed by atoms with Crippen molar-refractivity contribution in [3.05, 3.63) is 24.3 Å². The molecule has 1 atom stereocenters. The number of hydrogen-bond donors (Lipinski definition) is 3. The van der Waals surface area contributed by atoms with Crippen LogP contribution in [0.2, 0.25) is 0 Å². The minimum atomic E-state index is -4.02. The van der Waals surface area contributed by atoms with Crippen LogP contribution < -0.4 is 9.44 Å². The van der Waals surface area contributed by atoms with Crippen molar-refractivity contribution in [1.29, 1.82) is 0 Å². The molecule has 2 rings (SSSR count). The normalized spacial score (nSPS) is 17.1. The van der Waals surface area contributed by atoms with Crippen LogP contribution in [0.1, 0.15) is 19.8 Å². The van der Waals surface area contributed by atoms with Crippen molar-refractivity contribution in [3.63, 3.8) is 0 Å². The van der Waals surface area contributed by atoms with E-state index < -0.39 is 32.1 Å². The third-order valence-corrected chi connectivity index (χ3v) is 6.14. The summed E-state index contributed by atoms with van der Waals surface area (Å²) in [6.07, 6.45) is 1.59. The Morgan fingerprint density at radius 2 is 1.55 bits per heavy atom. The predicted octanol–water partition coefficient (Wildman–Crippen LogP) is -0.121. The summed E-state index contributed by atoms with van der Waals surface area (Å²) in [5.74, 6) is -1.31. The molecular formula is C12H16N2O6S2. The van der Waals surface area contributed by atoms with E-state index in [1.165, 1.54) is 19.1 Å². The van der Waals surface area contributed by atoms with Crippen molar-refractivity contribution < 1.29 is 26.7 Å². The molecule has 1 aromatic rings. The number of carbonyl (C=O) groups is 1. The SMILES string of the molecule is C[C@H](NS(=O)(=O)c1ccc(S(=O)(=O)NC2CC2)cc1)C(=O)O. The molecule has 0 heterocycles. The lowest BCUT2D eigenvalue weighted by Crippen LogP contribution is -2.38. The first-order valence-corrected chi connectivity index (χ1v) is 9.46. The largest absolute Gasteiger partial charge is 0.480 e. The zero-order valence-electron chi connectivity index (χ0n) is 11.7. The van der Waals surface area contributed by atoms with Gasteiger partial charge in [0.05, 0.1) is 9.79 Å². The fraction of sp³-hybridized carbons (Fsp3) is 0.417. The topological polar surface area (TPSA) is 130 Å². The molecule has 3 N–H and O–H groups in total. The summed E-state index contributed by atoms with van der Waals surface area (Å²) < 4.78 is 52.3. The smallest absolute Gasteiger partial charge is 0.321 e. The van der Waals surface area contributed by atoms with Crippen LogP contribution in [0.15, 0.2) is 34.1 Å². The quantitative estimate of drug-likeness (QED) is 0.630. The highest BCUT2D eigenvalue weighted by Crippen LogP contribution is 2.22. The first-order chi connectivity index (χ1) is 10.1. The van der Waals surface area contributed by atoms with E-state index in [9.17, 15) is 21.6 Å². The van der Waals surface area contributed by atoms with Gasteiger partial charge in [-0.3, -0.25) is 4.79 Å². The molecular weight excluding hydrogens is 332 g/mol. The van der Waals surface area contributed by atoms with E-state index in [4.69, 9.17) is 5.11 Å². The number of benzene rings is 1. The van der Waals surface area contributed by atoms with E-state index in [0.717, 1.165) is 25.0 Å². The Bertz CT molecular complexity index is 766. The molecule has 10 heteroatoms. The van der Waals surface area contributed by atoms with Gasteiger partial charge in [-0.15, -0.1) is 0 Å². The summed E-state index contributed by atoms with van der Waals surface area (Å²) in [4.78, 5) is 10.4. The average Bonchev–Trinajstić information content (AvgIpc) is 3.21. The number of carboxylic acids is 1. The first-order valence-electron chi connectivity index (χ1n) is 6.49. The van der Waals surface area contributed by atoms with Gasteiger partial charge < -0.3 is 5.11 Å². The fourth-order valence-corrected chi connectivity index (χ4v) is 4.14. The average molecular weight is 348 g/mol. The highest BCUT2D eigenvalue weighted by molar-refractivity contribution is 7.90. The lowest BCUT2D eigenvalue weighted by atomic mass is 10.4. The van der Waals surface area contributed by atoms with Crippen LogP contribution >= 0.6 is 0 Å². The molecule has 1 fully saturated rings. The van der Waals surface area contributed by atoms with E-state index in [0.29, 0.717) is 0 Å². The lowest BCUT2D eigenvalue weighted by Gasteiger charge is -2.11. The second-order valence-corrected chi connectivity index (χ2v) is 8.48. The van der Waals surface area contributed by atoms with Gasteiger partial charge in [0.25, 0.3) is 0 Å². The molecule has 8 nitrogen and oxygen atoms in total. The Hall–Kier alpha value is -1.49. The van der Waals surface area contributed by atoms with E-state index in [-0.39, 0.29) is 15.8 Å². The maximum Gasteiger partial charge on any atom is 0.321 e. The van der Waals surface area contributed by atoms with Crippen LogP contribution in [-0.2, 0) is 24.8 Å². The standard InChI is InChI=1S/C12H16N2O6S2/c1-8(12(15)16)13-21(17,18)10-4-6-11(7-5-10)22(19,20)14-9-2-3-9/h4-9,13-14H,2-3H2,1H3,(H,15,16)/t8-/m0/s1. The molecule has 0 unspecified atom stereocenters. The molecule has 0 aliphatic heterocycles. The Labute approximate surface area is 128 Å². The molecule has 22 heavy (non-hydrogen) atoms. The van der Waals surface area contributed by atoms with Gasteiger partial charge in [0.1, 0.15) is 6.04 Å². The number of hydrogen-bond acceptors (Lipinski definition) is 5. The van der Waals surface area contributed by atoms with Gasteiger partial charge in [-0.05, 0) is 44.0 Å². The number of nitrogens with one attached hydrogen (secondary N) is 2. The summed E-state index contributed by atoms with van der Waals surface area (Å²) in [5, 5.41) is 8.72. The van der Waals surface area contributed by atoms with Gasteiger partial charge in [-0.25, -0.2) is 21.6 Å². The number of sulfonamides is 2. The second kappa shape index (κ2) is 5.95. The molecule has 1 aliphatic carbocycles. The fourth-order valence-electron chi connectivity index (χ4n) is 1.64. The van der Waals surface area contributed by atoms with Gasteiger partial charge >= 0.3 is 5.97 Å².